The van der Waals surface area contributed by atoms with Crippen molar-refractivity contribution in [2.24, 2.45) is 0 Å². The summed E-state index contributed by atoms with van der Waals surface area (Å²) in [6.07, 6.45) is 3.91. The van der Waals surface area contributed by atoms with E-state index in [1.165, 1.54) is 24.3 Å². The highest BCUT2D eigenvalue weighted by molar-refractivity contribution is 7.23. The molecule has 3 fully saturated rings. The molecule has 0 spiro atoms. The maximum absolute atomic E-state index is 16.4. The summed E-state index contributed by atoms with van der Waals surface area (Å²) in [5, 5.41) is 10.7. The van der Waals surface area contributed by atoms with Crippen molar-refractivity contribution in [3.05, 3.63) is 54.1 Å². The first kappa shape index (κ1) is 33.1. The lowest BCUT2D eigenvalue weighted by molar-refractivity contribution is -0.126. The lowest BCUT2D eigenvalue weighted by Crippen LogP contribution is -2.47. The van der Waals surface area contributed by atoms with Gasteiger partial charge in [-0.3, -0.25) is 9.69 Å². The molecule has 0 saturated carbocycles. The van der Waals surface area contributed by atoms with Crippen molar-refractivity contribution in [2.75, 3.05) is 43.4 Å². The van der Waals surface area contributed by atoms with Gasteiger partial charge in [0.15, 0.2) is 0 Å². The zero-order valence-electron chi connectivity index (χ0n) is 27.5. The number of aromatic nitrogens is 2. The molecule has 9 nitrogen and oxygen atoms in total. The molecule has 0 bridgehead atoms. The molecule has 4 aromatic rings. The molecule has 3 aliphatic rings. The van der Waals surface area contributed by atoms with Crippen molar-refractivity contribution < 1.29 is 22.7 Å². The van der Waals surface area contributed by atoms with Crippen LogP contribution in [0, 0.1) is 23.0 Å². The minimum absolute atomic E-state index is 0.0776. The number of likely N-dealkylation sites (tertiary alicyclic amines) is 1. The van der Waals surface area contributed by atoms with Gasteiger partial charge >= 0.3 is 6.01 Å². The molecule has 13 heteroatoms. The van der Waals surface area contributed by atoms with Gasteiger partial charge in [0, 0.05) is 42.4 Å². The predicted octanol–water partition coefficient (Wildman–Crippen LogP) is 6.59. The molecule has 2 N–H and O–H groups in total. The summed E-state index contributed by atoms with van der Waals surface area (Å²) >= 11 is 0.947. The first-order chi connectivity index (χ1) is 23.6. The Bertz CT molecular complexity index is 2010. The average molecular weight is 690 g/mol. The van der Waals surface area contributed by atoms with E-state index in [1.54, 1.807) is 6.07 Å². The molecular formula is C36H38F3N7O2S. The van der Waals surface area contributed by atoms with Crippen LogP contribution in [-0.4, -0.2) is 82.3 Å². The maximum atomic E-state index is 16.4. The van der Waals surface area contributed by atoms with Gasteiger partial charge in [-0.25, -0.2) is 13.2 Å². The fraction of sp³-hybridized carbons (Fsp3) is 0.444. The van der Waals surface area contributed by atoms with Crippen molar-refractivity contribution in [3.8, 4) is 23.2 Å². The minimum Gasteiger partial charge on any atom is -0.461 e. The number of fused-ring (bicyclic) bond motifs is 3. The lowest BCUT2D eigenvalue weighted by atomic mass is 9.95. The highest BCUT2D eigenvalue weighted by atomic mass is 32.1. The molecule has 2 aromatic heterocycles. The normalized spacial score (nSPS) is 23.7. The van der Waals surface area contributed by atoms with Crippen LogP contribution in [-0.2, 0) is 4.79 Å². The Balaban J connectivity index is 1.38. The molecule has 1 amide bonds. The number of likely N-dealkylation sites (N-methyl/N-ethyl adjacent to an activating group) is 1. The molecule has 0 aliphatic carbocycles. The van der Waals surface area contributed by atoms with E-state index >= 15 is 4.39 Å². The van der Waals surface area contributed by atoms with E-state index in [2.05, 4.69) is 22.4 Å². The summed E-state index contributed by atoms with van der Waals surface area (Å²) in [7, 11) is 0. The van der Waals surface area contributed by atoms with Gasteiger partial charge in [0.2, 0.25) is 5.91 Å². The lowest BCUT2D eigenvalue weighted by Gasteiger charge is -2.35. The maximum Gasteiger partial charge on any atom is 0.319 e. The number of benzene rings is 2. The fourth-order valence-corrected chi connectivity index (χ4v) is 9.35. The number of thiophene rings is 1. The quantitative estimate of drug-likeness (QED) is 0.196. The molecule has 0 unspecified atom stereocenters. The van der Waals surface area contributed by atoms with E-state index in [0.29, 0.717) is 61.2 Å². The Hall–Kier alpha value is -4.41. The van der Waals surface area contributed by atoms with Crippen LogP contribution in [0.3, 0.4) is 0 Å². The van der Waals surface area contributed by atoms with Crippen LogP contribution in [0.5, 0.6) is 6.01 Å². The number of alkyl halides is 1. The molecule has 3 aliphatic heterocycles. The summed E-state index contributed by atoms with van der Waals surface area (Å²) < 4.78 is 52.4. The SMILES string of the molecule is C=CC(=O)N1CC[C@@H](N(CC)c2nc(OC[C@@]34CCCN3C[C@H](F)C4)nc3cc(-c4ccc(F)c5sc(N)c(C#N)c45)c(F)cc23)[C@H]1CC. The van der Waals surface area contributed by atoms with Crippen molar-refractivity contribution in [3.63, 3.8) is 0 Å². The number of amides is 1. The van der Waals surface area contributed by atoms with Gasteiger partial charge in [-0.05, 0) is 69.0 Å². The molecule has 49 heavy (non-hydrogen) atoms. The van der Waals surface area contributed by atoms with Crippen LogP contribution in [0.1, 0.15) is 51.5 Å². The third kappa shape index (κ3) is 5.45. The van der Waals surface area contributed by atoms with Crippen LogP contribution < -0.4 is 15.4 Å². The predicted molar refractivity (Wildman–Crippen MR) is 185 cm³/mol. The Morgan fingerprint density at radius 3 is 2.80 bits per heavy atom. The smallest absolute Gasteiger partial charge is 0.319 e. The first-order valence-corrected chi connectivity index (χ1v) is 17.6. The zero-order chi connectivity index (χ0) is 34.6. The number of anilines is 2. The number of nitrogens with zero attached hydrogens (tertiary/aromatic N) is 6. The summed E-state index contributed by atoms with van der Waals surface area (Å²) in [5.74, 6) is -0.837. The molecule has 5 heterocycles. The highest BCUT2D eigenvalue weighted by Gasteiger charge is 2.49. The summed E-state index contributed by atoms with van der Waals surface area (Å²) in [5.41, 5.74) is 6.56. The summed E-state index contributed by atoms with van der Waals surface area (Å²) in [6, 6.07) is 7.51. The van der Waals surface area contributed by atoms with Gasteiger partial charge < -0.3 is 20.3 Å². The van der Waals surface area contributed by atoms with E-state index in [9.17, 15) is 18.8 Å². The van der Waals surface area contributed by atoms with E-state index < -0.39 is 23.3 Å². The third-order valence-corrected chi connectivity index (χ3v) is 11.6. The second-order valence-electron chi connectivity index (χ2n) is 13.1. The average Bonchev–Trinajstić information content (AvgIpc) is 3.85. The second kappa shape index (κ2) is 12.8. The van der Waals surface area contributed by atoms with Gasteiger partial charge in [-0.2, -0.15) is 15.2 Å². The zero-order valence-corrected chi connectivity index (χ0v) is 28.3. The van der Waals surface area contributed by atoms with Crippen molar-refractivity contribution in [2.45, 2.75) is 69.7 Å². The number of hydrogen-bond donors (Lipinski definition) is 1. The molecule has 4 atom stereocenters. The van der Waals surface area contributed by atoms with Crippen LogP contribution in [0.2, 0.25) is 0 Å². The molecule has 7 rings (SSSR count). The highest BCUT2D eigenvalue weighted by Crippen LogP contribution is 2.44. The van der Waals surface area contributed by atoms with Gasteiger partial charge in [0.05, 0.1) is 33.4 Å². The fourth-order valence-electron chi connectivity index (χ4n) is 8.40. The number of carbonyl (C=O) groups is 1. The third-order valence-electron chi connectivity index (χ3n) is 10.6. The molecule has 3 saturated heterocycles. The van der Waals surface area contributed by atoms with Crippen molar-refractivity contribution in [1.82, 2.24) is 19.8 Å². The number of nitriles is 1. The minimum atomic E-state index is -0.926. The number of hydrogen-bond acceptors (Lipinski definition) is 9. The van der Waals surface area contributed by atoms with Gasteiger partial charge in [0.25, 0.3) is 0 Å². The Morgan fingerprint density at radius 2 is 2.06 bits per heavy atom. The van der Waals surface area contributed by atoms with E-state index in [1.807, 2.05) is 18.7 Å². The van der Waals surface area contributed by atoms with Gasteiger partial charge in [-0.1, -0.05) is 19.6 Å². The van der Waals surface area contributed by atoms with Crippen LogP contribution in [0.25, 0.3) is 32.1 Å². The topological polar surface area (TPSA) is 112 Å². The number of rotatable bonds is 9. The van der Waals surface area contributed by atoms with E-state index in [-0.39, 0.29) is 56.8 Å². The first-order valence-electron chi connectivity index (χ1n) is 16.8. The number of nitrogen functional groups attached to an aromatic ring is 1. The largest absolute Gasteiger partial charge is 0.461 e. The van der Waals surface area contributed by atoms with Gasteiger partial charge in [0.1, 0.15) is 41.3 Å². The number of nitrogens with two attached hydrogens (primary N) is 1. The van der Waals surface area contributed by atoms with Crippen molar-refractivity contribution >= 4 is 49.1 Å². The summed E-state index contributed by atoms with van der Waals surface area (Å²) in [4.78, 5) is 28.5. The molecule has 0 radical (unpaired) electrons. The van der Waals surface area contributed by atoms with Gasteiger partial charge in [-0.15, -0.1) is 11.3 Å². The van der Waals surface area contributed by atoms with Crippen molar-refractivity contribution in [1.29, 1.82) is 5.26 Å². The van der Waals surface area contributed by atoms with E-state index in [0.717, 1.165) is 30.7 Å². The Kier molecular flexibility index (Phi) is 8.65. The molecular weight excluding hydrogens is 652 g/mol. The summed E-state index contributed by atoms with van der Waals surface area (Å²) in [6.45, 7) is 10.1. The van der Waals surface area contributed by atoms with Crippen LogP contribution in [0.4, 0.5) is 24.0 Å². The molecule has 2 aromatic carbocycles. The number of halogens is 3. The van der Waals surface area contributed by atoms with Crippen LogP contribution in [0.15, 0.2) is 36.9 Å². The molecule has 256 valence electrons. The monoisotopic (exact) mass is 689 g/mol. The standard InChI is InChI=1S/C36H38F3N7O2S/c1-4-28-29(10-13-46(28)30(47)5-2)45(6-3)34-23-14-26(39)22(21-8-9-25(38)32-31(21)24(17-40)33(41)49-32)15-27(23)42-35(43-34)48-19-36-11-7-12-44(36)18-20(37)16-36/h5,8-9,14-15,20,28-29H,2,4,6-7,10-13,16,18-19,41H2,1,3H3/t20-,28-,29-,36+/m1/s1. The van der Waals surface area contributed by atoms with E-state index in [4.69, 9.17) is 20.4 Å². The Morgan fingerprint density at radius 1 is 1.24 bits per heavy atom. The Labute approximate surface area is 286 Å². The number of carbonyl (C=O) groups excluding carboxylic acids is 1. The number of ether oxygens (including phenoxy) is 1. The second-order valence-corrected chi connectivity index (χ2v) is 14.2. The van der Waals surface area contributed by atoms with Crippen LogP contribution >= 0.6 is 11.3 Å².